The smallest absolute Gasteiger partial charge is 0.443 e. The van der Waals surface area contributed by atoms with Crippen molar-refractivity contribution in [1.29, 1.82) is 0 Å². The molecule has 18 heteroatoms. The van der Waals surface area contributed by atoms with E-state index < -0.39 is 41.2 Å². The molecule has 1 fully saturated rings. The molecule has 3 aromatic heterocycles. The Balaban J connectivity index is 1.29. The van der Waals surface area contributed by atoms with Crippen LogP contribution in [0.25, 0.3) is 17.0 Å². The standard InChI is InChI=1S/C37H46N8O10/c1-35(2,3)53-32(47)45(33(48)54-36(4,5)6)28-19-38-18-26(41-28)27-21-44-15-14-39-29(44)30(42-27)52-31(46)40-23-10-12-24(13-11-23)43-16-17-50-25(20-43)22-51-34(49)55-37(7,8)9/h10-15,18-19,21,25H,16-17,20,22H2,1-9H3,(H,40,46). The lowest BCUT2D eigenvalue weighted by Gasteiger charge is -2.34. The summed E-state index contributed by atoms with van der Waals surface area (Å²) in [5, 5.41) is 2.69. The second kappa shape index (κ2) is 16.1. The summed E-state index contributed by atoms with van der Waals surface area (Å²) < 4.78 is 34.3. The molecule has 4 aromatic rings. The SMILES string of the molecule is CC(C)(C)OC(=O)OCC1CN(c2ccc(NC(=O)Oc3nc(-c4cncc(N(C(=O)OC(C)(C)C)C(=O)OC(C)(C)C)n4)cn4ccnc34)cc2)CCO1. The van der Waals surface area contributed by atoms with E-state index in [9.17, 15) is 19.2 Å². The molecule has 5 rings (SSSR count). The van der Waals surface area contributed by atoms with Gasteiger partial charge in [0.2, 0.25) is 5.65 Å². The maximum Gasteiger partial charge on any atom is 0.508 e. The Kier molecular flexibility index (Phi) is 11.8. The lowest BCUT2D eigenvalue weighted by atomic mass is 10.2. The highest BCUT2D eigenvalue weighted by molar-refractivity contribution is 6.08. The Morgan fingerprint density at radius 2 is 1.53 bits per heavy atom. The predicted molar refractivity (Wildman–Crippen MR) is 199 cm³/mol. The molecule has 3 amide bonds. The van der Waals surface area contributed by atoms with E-state index in [0.717, 1.165) is 5.69 Å². The summed E-state index contributed by atoms with van der Waals surface area (Å²) in [4.78, 5) is 71.7. The van der Waals surface area contributed by atoms with Gasteiger partial charge < -0.3 is 37.7 Å². The van der Waals surface area contributed by atoms with Crippen molar-refractivity contribution >= 4 is 47.3 Å². The zero-order chi connectivity index (χ0) is 40.1. The summed E-state index contributed by atoms with van der Waals surface area (Å²) in [6.45, 7) is 16.8. The topological polar surface area (TPSA) is 198 Å². The van der Waals surface area contributed by atoms with Crippen LogP contribution in [0.15, 0.2) is 55.2 Å². The Morgan fingerprint density at radius 1 is 0.873 bits per heavy atom. The minimum absolute atomic E-state index is 0.0462. The van der Waals surface area contributed by atoms with Gasteiger partial charge in [0, 0.05) is 43.1 Å². The second-order valence-corrected chi connectivity index (χ2v) is 15.4. The van der Waals surface area contributed by atoms with Crippen molar-refractivity contribution in [3.63, 3.8) is 0 Å². The van der Waals surface area contributed by atoms with Gasteiger partial charge in [0.15, 0.2) is 5.82 Å². The molecule has 55 heavy (non-hydrogen) atoms. The number of aromatic nitrogens is 5. The van der Waals surface area contributed by atoms with Gasteiger partial charge >= 0.3 is 24.4 Å². The summed E-state index contributed by atoms with van der Waals surface area (Å²) >= 11 is 0. The van der Waals surface area contributed by atoms with Crippen molar-refractivity contribution in [2.24, 2.45) is 0 Å². The zero-order valence-electron chi connectivity index (χ0n) is 32.3. The lowest BCUT2D eigenvalue weighted by Crippen LogP contribution is -2.45. The van der Waals surface area contributed by atoms with Crippen molar-refractivity contribution in [1.82, 2.24) is 24.3 Å². The van der Waals surface area contributed by atoms with E-state index in [1.165, 1.54) is 18.6 Å². The molecule has 0 aliphatic carbocycles. The average Bonchev–Trinajstić information content (AvgIpc) is 3.55. The maximum absolute atomic E-state index is 13.2. The van der Waals surface area contributed by atoms with Crippen LogP contribution >= 0.6 is 0 Å². The quantitative estimate of drug-likeness (QED) is 0.155. The third kappa shape index (κ3) is 11.5. The number of fused-ring (bicyclic) bond motifs is 1. The summed E-state index contributed by atoms with van der Waals surface area (Å²) in [7, 11) is 0. The van der Waals surface area contributed by atoms with Crippen molar-refractivity contribution in [3.8, 4) is 17.3 Å². The number of benzene rings is 1. The average molecular weight is 763 g/mol. The molecule has 1 aliphatic heterocycles. The van der Waals surface area contributed by atoms with Crippen molar-refractivity contribution in [2.75, 3.05) is 41.4 Å². The highest BCUT2D eigenvalue weighted by Gasteiger charge is 2.34. The minimum Gasteiger partial charge on any atom is -0.443 e. The Labute approximate surface area is 318 Å². The van der Waals surface area contributed by atoms with Gasteiger partial charge in [-0.1, -0.05) is 0 Å². The molecule has 4 heterocycles. The predicted octanol–water partition coefficient (Wildman–Crippen LogP) is 6.63. The molecular formula is C37H46N8O10. The Morgan fingerprint density at radius 3 is 2.16 bits per heavy atom. The van der Waals surface area contributed by atoms with E-state index >= 15 is 0 Å². The maximum atomic E-state index is 13.2. The molecule has 1 unspecified atom stereocenters. The summed E-state index contributed by atoms with van der Waals surface area (Å²) in [6, 6.07) is 7.11. The van der Waals surface area contributed by atoms with Gasteiger partial charge in [-0.2, -0.15) is 4.90 Å². The summed E-state index contributed by atoms with van der Waals surface area (Å²) in [5.41, 5.74) is -0.651. The minimum atomic E-state index is -1.01. The number of nitrogens with zero attached hydrogens (tertiary/aromatic N) is 7. The van der Waals surface area contributed by atoms with Crippen LogP contribution in [0.2, 0.25) is 0 Å². The number of morpholine rings is 1. The number of hydrogen-bond acceptors (Lipinski definition) is 15. The first-order valence-corrected chi connectivity index (χ1v) is 17.5. The highest BCUT2D eigenvalue weighted by Crippen LogP contribution is 2.27. The van der Waals surface area contributed by atoms with Gasteiger partial charge in [-0.05, 0) is 86.6 Å². The molecular weight excluding hydrogens is 716 g/mol. The van der Waals surface area contributed by atoms with Crippen LogP contribution in [0.5, 0.6) is 5.88 Å². The first kappa shape index (κ1) is 40.2. The van der Waals surface area contributed by atoms with Gasteiger partial charge in [0.1, 0.15) is 40.9 Å². The molecule has 0 radical (unpaired) electrons. The van der Waals surface area contributed by atoms with Gasteiger partial charge in [-0.25, -0.2) is 34.1 Å². The molecule has 0 bridgehead atoms. The van der Waals surface area contributed by atoms with Crippen molar-refractivity contribution in [2.45, 2.75) is 85.2 Å². The van der Waals surface area contributed by atoms with Crippen LogP contribution in [0.1, 0.15) is 62.3 Å². The Hall–Kier alpha value is -6.04. The fourth-order valence-corrected chi connectivity index (χ4v) is 5.04. The first-order valence-electron chi connectivity index (χ1n) is 17.5. The van der Waals surface area contributed by atoms with Gasteiger partial charge in [-0.15, -0.1) is 0 Å². The molecule has 0 spiro atoms. The van der Waals surface area contributed by atoms with E-state index in [1.807, 2.05) is 12.1 Å². The number of nitrogens with one attached hydrogen (secondary N) is 1. The monoisotopic (exact) mass is 762 g/mol. The Bertz CT molecular complexity index is 1990. The normalized spacial score (nSPS) is 14.9. The first-order chi connectivity index (χ1) is 25.7. The number of ether oxygens (including phenoxy) is 6. The number of imidazole rings is 1. The number of imide groups is 1. The van der Waals surface area contributed by atoms with Crippen molar-refractivity contribution in [3.05, 3.63) is 55.2 Å². The number of carbonyl (C=O) groups is 4. The fraction of sp³-hybridized carbons (Fsp3) is 0.459. The molecule has 294 valence electrons. The van der Waals surface area contributed by atoms with Crippen LogP contribution in [-0.4, -0.2) is 98.0 Å². The number of rotatable bonds is 7. The molecule has 1 saturated heterocycles. The summed E-state index contributed by atoms with van der Waals surface area (Å²) in [5.74, 6) is -0.327. The van der Waals surface area contributed by atoms with Crippen LogP contribution in [0.4, 0.5) is 36.4 Å². The van der Waals surface area contributed by atoms with E-state index in [-0.39, 0.29) is 41.4 Å². The van der Waals surface area contributed by atoms with E-state index in [4.69, 9.17) is 28.4 Å². The van der Waals surface area contributed by atoms with Crippen LogP contribution in [0, 0.1) is 0 Å². The number of carbonyl (C=O) groups excluding carboxylic acids is 4. The lowest BCUT2D eigenvalue weighted by molar-refractivity contribution is -0.0447. The van der Waals surface area contributed by atoms with E-state index in [1.54, 1.807) is 91.2 Å². The van der Waals surface area contributed by atoms with Gasteiger partial charge in [-0.3, -0.25) is 10.3 Å². The zero-order valence-corrected chi connectivity index (χ0v) is 32.3. The molecule has 1 atom stereocenters. The fourth-order valence-electron chi connectivity index (χ4n) is 5.04. The second-order valence-electron chi connectivity index (χ2n) is 15.4. The molecule has 1 N–H and O–H groups in total. The van der Waals surface area contributed by atoms with E-state index in [2.05, 4.69) is 30.2 Å². The van der Waals surface area contributed by atoms with Crippen LogP contribution in [-0.2, 0) is 23.7 Å². The number of amides is 3. The molecule has 1 aliphatic rings. The van der Waals surface area contributed by atoms with E-state index in [0.29, 0.717) is 30.3 Å². The summed E-state index contributed by atoms with van der Waals surface area (Å²) in [6.07, 6.45) is 3.30. The largest absolute Gasteiger partial charge is 0.508 e. The molecule has 0 saturated carbocycles. The molecule has 18 nitrogen and oxygen atoms in total. The van der Waals surface area contributed by atoms with Crippen LogP contribution in [0.3, 0.4) is 0 Å². The van der Waals surface area contributed by atoms with Gasteiger partial charge in [0.25, 0.3) is 5.88 Å². The van der Waals surface area contributed by atoms with Gasteiger partial charge in [0.05, 0.1) is 19.0 Å². The third-order valence-electron chi connectivity index (χ3n) is 7.19. The van der Waals surface area contributed by atoms with Crippen molar-refractivity contribution < 1.29 is 47.6 Å². The third-order valence-corrected chi connectivity index (χ3v) is 7.19. The molecule has 1 aromatic carbocycles. The van der Waals surface area contributed by atoms with Crippen LogP contribution < -0.4 is 19.9 Å². The highest BCUT2D eigenvalue weighted by atomic mass is 16.7. The number of hydrogen-bond donors (Lipinski definition) is 1. The number of anilines is 3.